The second kappa shape index (κ2) is 9.32. The molecule has 1 N–H and O–H groups in total. The van der Waals surface area contributed by atoms with Crippen molar-refractivity contribution in [3.63, 3.8) is 0 Å². The summed E-state index contributed by atoms with van der Waals surface area (Å²) < 4.78 is 10.6. The van der Waals surface area contributed by atoms with Gasteiger partial charge in [-0.15, -0.1) is 0 Å². The number of methoxy groups -OCH3 is 2. The summed E-state index contributed by atoms with van der Waals surface area (Å²) >= 11 is 11.3. The van der Waals surface area contributed by atoms with E-state index in [1.54, 1.807) is 56.5 Å². The summed E-state index contributed by atoms with van der Waals surface area (Å²) in [5.74, 6) is 0.687. The van der Waals surface area contributed by atoms with Gasteiger partial charge in [-0.2, -0.15) is 0 Å². The molecule has 1 heterocycles. The van der Waals surface area contributed by atoms with Crippen LogP contribution in [0, 0.1) is 0 Å². The van der Waals surface area contributed by atoms with Crippen LogP contribution in [-0.2, 0) is 16.1 Å². The number of thiocarbonyl (C=S) groups is 1. The smallest absolute Gasteiger partial charge is 0.251 e. The zero-order chi connectivity index (χ0) is 21.8. The van der Waals surface area contributed by atoms with E-state index in [2.05, 4.69) is 5.32 Å². The van der Waals surface area contributed by atoms with Crippen molar-refractivity contribution in [3.8, 4) is 11.5 Å². The SMILES string of the molecule is COc1ccc(CN2C(=S)N(C)C(=O)C2CC(=O)Nc2ccc(Cl)cc2)cc1OC. The fourth-order valence-corrected chi connectivity index (χ4v) is 3.66. The lowest BCUT2D eigenvalue weighted by Gasteiger charge is -2.24. The molecule has 0 aliphatic carbocycles. The van der Waals surface area contributed by atoms with Gasteiger partial charge in [0.2, 0.25) is 5.91 Å². The molecule has 30 heavy (non-hydrogen) atoms. The molecule has 0 saturated carbocycles. The Labute approximate surface area is 185 Å². The van der Waals surface area contributed by atoms with Crippen molar-refractivity contribution < 1.29 is 19.1 Å². The number of ether oxygens (including phenoxy) is 2. The standard InChI is InChI=1S/C21H22ClN3O4S/c1-24-20(27)16(11-19(26)23-15-7-5-14(22)6-8-15)25(21(24)30)12-13-4-9-17(28-2)18(10-13)29-3/h4-10,16H,11-12H2,1-3H3,(H,23,26). The molecule has 0 spiro atoms. The first-order valence-corrected chi connectivity index (χ1v) is 9.97. The minimum atomic E-state index is -0.692. The van der Waals surface area contributed by atoms with E-state index in [1.807, 2.05) is 12.1 Å². The number of benzene rings is 2. The number of carbonyl (C=O) groups is 2. The number of anilines is 1. The minimum absolute atomic E-state index is 0.0285. The van der Waals surface area contributed by atoms with Gasteiger partial charge in [0.25, 0.3) is 5.91 Å². The number of hydrogen-bond donors (Lipinski definition) is 1. The highest BCUT2D eigenvalue weighted by Gasteiger charge is 2.41. The van der Waals surface area contributed by atoms with Crippen molar-refractivity contribution in [2.24, 2.45) is 0 Å². The molecule has 2 aromatic rings. The number of hydrogen-bond acceptors (Lipinski definition) is 5. The summed E-state index contributed by atoms with van der Waals surface area (Å²) in [5.41, 5.74) is 1.48. The van der Waals surface area contributed by atoms with E-state index in [4.69, 9.17) is 33.3 Å². The Hall–Kier alpha value is -2.84. The molecular weight excluding hydrogens is 426 g/mol. The summed E-state index contributed by atoms with van der Waals surface area (Å²) in [5, 5.41) is 3.74. The van der Waals surface area contributed by atoms with Crippen LogP contribution in [0.25, 0.3) is 0 Å². The van der Waals surface area contributed by atoms with Crippen LogP contribution in [0.2, 0.25) is 5.02 Å². The molecule has 0 radical (unpaired) electrons. The van der Waals surface area contributed by atoms with Crippen molar-refractivity contribution in [1.82, 2.24) is 9.80 Å². The fraction of sp³-hybridized carbons (Fsp3) is 0.286. The van der Waals surface area contributed by atoms with E-state index in [9.17, 15) is 9.59 Å². The largest absolute Gasteiger partial charge is 0.493 e. The summed E-state index contributed by atoms with van der Waals surface area (Å²) in [6.07, 6.45) is -0.0285. The zero-order valence-corrected chi connectivity index (χ0v) is 18.4. The molecule has 0 aromatic heterocycles. The molecule has 9 heteroatoms. The van der Waals surface area contributed by atoms with Gasteiger partial charge in [0, 0.05) is 24.3 Å². The average molecular weight is 448 g/mol. The quantitative estimate of drug-likeness (QED) is 0.656. The average Bonchev–Trinajstić information content (AvgIpc) is 2.93. The molecule has 1 aliphatic rings. The third-order valence-electron chi connectivity index (χ3n) is 4.83. The summed E-state index contributed by atoms with van der Waals surface area (Å²) in [4.78, 5) is 28.4. The lowest BCUT2D eigenvalue weighted by Crippen LogP contribution is -2.37. The number of halogens is 1. The molecule has 1 unspecified atom stereocenters. The van der Waals surface area contributed by atoms with Gasteiger partial charge in [-0.3, -0.25) is 14.5 Å². The van der Waals surface area contributed by atoms with Crippen LogP contribution in [0.1, 0.15) is 12.0 Å². The molecule has 1 aliphatic heterocycles. The monoisotopic (exact) mass is 447 g/mol. The van der Waals surface area contributed by atoms with Crippen LogP contribution in [-0.4, -0.2) is 54.0 Å². The topological polar surface area (TPSA) is 71.1 Å². The number of likely N-dealkylation sites (N-methyl/N-ethyl adjacent to an activating group) is 1. The predicted molar refractivity (Wildman–Crippen MR) is 119 cm³/mol. The first-order chi connectivity index (χ1) is 14.3. The zero-order valence-electron chi connectivity index (χ0n) is 16.8. The Balaban J connectivity index is 1.76. The third-order valence-corrected chi connectivity index (χ3v) is 5.59. The van der Waals surface area contributed by atoms with Crippen molar-refractivity contribution in [2.75, 3.05) is 26.6 Å². The van der Waals surface area contributed by atoms with E-state index in [0.29, 0.717) is 33.9 Å². The second-order valence-corrected chi connectivity index (χ2v) is 7.57. The maximum atomic E-state index is 12.7. The Morgan fingerprint density at radius 2 is 1.80 bits per heavy atom. The molecule has 2 amide bonds. The number of carbonyl (C=O) groups excluding carboxylic acids is 2. The first-order valence-electron chi connectivity index (χ1n) is 9.18. The normalized spacial score (nSPS) is 16.1. The highest BCUT2D eigenvalue weighted by atomic mass is 35.5. The summed E-state index contributed by atoms with van der Waals surface area (Å²) in [7, 11) is 4.74. The van der Waals surface area contributed by atoms with Crippen molar-refractivity contribution in [2.45, 2.75) is 19.0 Å². The van der Waals surface area contributed by atoms with Crippen LogP contribution >= 0.6 is 23.8 Å². The highest BCUT2D eigenvalue weighted by Crippen LogP contribution is 2.30. The van der Waals surface area contributed by atoms with Gasteiger partial charge in [-0.05, 0) is 54.2 Å². The Bertz CT molecular complexity index is 967. The maximum Gasteiger partial charge on any atom is 0.251 e. The van der Waals surface area contributed by atoms with Crippen molar-refractivity contribution in [3.05, 3.63) is 53.1 Å². The van der Waals surface area contributed by atoms with E-state index in [0.717, 1.165) is 5.56 Å². The van der Waals surface area contributed by atoms with Gasteiger partial charge in [0.05, 0.1) is 20.6 Å². The number of nitrogens with zero attached hydrogens (tertiary/aromatic N) is 2. The Morgan fingerprint density at radius 1 is 1.13 bits per heavy atom. The summed E-state index contributed by atoms with van der Waals surface area (Å²) in [6, 6.07) is 11.6. The summed E-state index contributed by atoms with van der Waals surface area (Å²) in [6.45, 7) is 0.355. The molecule has 3 rings (SSSR count). The minimum Gasteiger partial charge on any atom is -0.493 e. The van der Waals surface area contributed by atoms with Crippen molar-refractivity contribution >= 4 is 46.4 Å². The fourth-order valence-electron chi connectivity index (χ4n) is 3.25. The lowest BCUT2D eigenvalue weighted by atomic mass is 10.1. The van der Waals surface area contributed by atoms with Gasteiger partial charge in [0.1, 0.15) is 6.04 Å². The van der Waals surface area contributed by atoms with E-state index in [-0.39, 0.29) is 18.2 Å². The van der Waals surface area contributed by atoms with Gasteiger partial charge in [-0.1, -0.05) is 17.7 Å². The number of amides is 2. The number of rotatable bonds is 7. The molecular formula is C21H22ClN3O4S. The molecule has 1 atom stereocenters. The van der Waals surface area contributed by atoms with Crippen LogP contribution < -0.4 is 14.8 Å². The molecule has 0 bridgehead atoms. The van der Waals surface area contributed by atoms with Gasteiger partial charge in [-0.25, -0.2) is 0 Å². The highest BCUT2D eigenvalue weighted by molar-refractivity contribution is 7.80. The molecule has 1 saturated heterocycles. The van der Waals surface area contributed by atoms with Gasteiger partial charge >= 0.3 is 0 Å². The van der Waals surface area contributed by atoms with E-state index >= 15 is 0 Å². The number of nitrogens with one attached hydrogen (secondary N) is 1. The van der Waals surface area contributed by atoms with Gasteiger partial charge < -0.3 is 19.7 Å². The predicted octanol–water partition coefficient (Wildman–Crippen LogP) is 3.31. The molecule has 7 nitrogen and oxygen atoms in total. The van der Waals surface area contributed by atoms with Crippen LogP contribution in [0.4, 0.5) is 5.69 Å². The molecule has 2 aromatic carbocycles. The van der Waals surface area contributed by atoms with Gasteiger partial charge in [0.15, 0.2) is 16.6 Å². The Morgan fingerprint density at radius 3 is 2.43 bits per heavy atom. The van der Waals surface area contributed by atoms with E-state index < -0.39 is 6.04 Å². The van der Waals surface area contributed by atoms with E-state index in [1.165, 1.54) is 4.90 Å². The van der Waals surface area contributed by atoms with Crippen LogP contribution in [0.15, 0.2) is 42.5 Å². The van der Waals surface area contributed by atoms with Crippen LogP contribution in [0.5, 0.6) is 11.5 Å². The van der Waals surface area contributed by atoms with Crippen molar-refractivity contribution in [1.29, 1.82) is 0 Å². The second-order valence-electron chi connectivity index (χ2n) is 6.77. The molecule has 1 fully saturated rings. The van der Waals surface area contributed by atoms with Crippen LogP contribution in [0.3, 0.4) is 0 Å². The molecule has 158 valence electrons. The first kappa shape index (κ1) is 21.9. The maximum absolute atomic E-state index is 12.7. The third kappa shape index (κ3) is 4.66. The Kier molecular flexibility index (Phi) is 6.79. The lowest BCUT2D eigenvalue weighted by molar-refractivity contribution is -0.130.